The zero-order chi connectivity index (χ0) is 8.39. The number of rotatable bonds is 1. The molecule has 0 atom stereocenters. The highest BCUT2D eigenvalue weighted by atomic mass is 15.3. The third-order valence-electron chi connectivity index (χ3n) is 1.43. The van der Waals surface area contributed by atoms with Crippen molar-refractivity contribution in [1.29, 1.82) is 0 Å². The number of hydrogen-bond donors (Lipinski definition) is 1. The first kappa shape index (κ1) is 6.84. The summed E-state index contributed by atoms with van der Waals surface area (Å²) in [5.41, 5.74) is 5.45. The lowest BCUT2D eigenvalue weighted by atomic mass is 10.5. The highest BCUT2D eigenvalue weighted by Crippen LogP contribution is 2.03. The second kappa shape index (κ2) is 2.65. The van der Waals surface area contributed by atoms with Crippen LogP contribution in [0.3, 0.4) is 0 Å². The molecule has 2 rings (SSSR count). The van der Waals surface area contributed by atoms with Crippen molar-refractivity contribution < 1.29 is 0 Å². The van der Waals surface area contributed by atoms with Crippen LogP contribution in [0.15, 0.2) is 30.6 Å². The summed E-state index contributed by atoms with van der Waals surface area (Å²) in [6.45, 7) is 0. The van der Waals surface area contributed by atoms with Crippen LogP contribution >= 0.6 is 0 Å². The molecule has 2 aromatic heterocycles. The van der Waals surface area contributed by atoms with Crippen LogP contribution in [-0.2, 0) is 0 Å². The second-order valence-electron chi connectivity index (χ2n) is 2.30. The number of nitrogens with zero attached hydrogens (tertiary/aromatic N) is 3. The Labute approximate surface area is 69.7 Å². The van der Waals surface area contributed by atoms with Crippen molar-refractivity contribution in [2.75, 3.05) is 5.73 Å². The highest BCUT2D eigenvalue weighted by Gasteiger charge is 1.96. The van der Waals surface area contributed by atoms with Crippen molar-refractivity contribution in [3.63, 3.8) is 0 Å². The molecule has 0 aliphatic heterocycles. The molecule has 0 saturated carbocycles. The Balaban J connectivity index is 2.45. The van der Waals surface area contributed by atoms with E-state index in [1.54, 1.807) is 35.3 Å². The minimum atomic E-state index is 0.487. The van der Waals surface area contributed by atoms with Crippen molar-refractivity contribution in [3.05, 3.63) is 36.7 Å². The quantitative estimate of drug-likeness (QED) is 0.664. The number of aromatic nitrogens is 3. The fourth-order valence-corrected chi connectivity index (χ4v) is 0.908. The lowest BCUT2D eigenvalue weighted by Gasteiger charge is -1.96. The molecule has 0 aliphatic carbocycles. The van der Waals surface area contributed by atoms with Gasteiger partial charge in [0.1, 0.15) is 5.82 Å². The van der Waals surface area contributed by atoms with Gasteiger partial charge in [-0.25, -0.2) is 9.67 Å². The molecule has 2 aromatic rings. The summed E-state index contributed by atoms with van der Waals surface area (Å²) >= 11 is 0. The monoisotopic (exact) mass is 159 g/mol. The van der Waals surface area contributed by atoms with Crippen molar-refractivity contribution >= 4 is 5.82 Å². The van der Waals surface area contributed by atoms with E-state index in [1.807, 2.05) is 0 Å². The molecular formula is C8H7N4. The van der Waals surface area contributed by atoms with Gasteiger partial charge in [-0.15, -0.1) is 5.10 Å². The zero-order valence-corrected chi connectivity index (χ0v) is 6.31. The number of nitrogens with two attached hydrogens (primary N) is 1. The number of hydrogen-bond acceptors (Lipinski definition) is 3. The van der Waals surface area contributed by atoms with Gasteiger partial charge in [-0.2, -0.15) is 0 Å². The Hall–Kier alpha value is -1.84. The van der Waals surface area contributed by atoms with E-state index in [1.165, 1.54) is 0 Å². The molecule has 0 aliphatic rings. The average molecular weight is 159 g/mol. The normalized spacial score (nSPS) is 10.0. The molecule has 0 unspecified atom stereocenters. The van der Waals surface area contributed by atoms with Gasteiger partial charge in [-0.05, 0) is 18.2 Å². The molecule has 0 amide bonds. The van der Waals surface area contributed by atoms with Gasteiger partial charge in [0.05, 0.1) is 0 Å². The van der Waals surface area contributed by atoms with E-state index in [0.29, 0.717) is 11.6 Å². The molecule has 0 aromatic carbocycles. The van der Waals surface area contributed by atoms with Crippen LogP contribution in [0.2, 0.25) is 0 Å². The van der Waals surface area contributed by atoms with Crippen LogP contribution in [-0.4, -0.2) is 14.8 Å². The van der Waals surface area contributed by atoms with Gasteiger partial charge < -0.3 is 5.73 Å². The molecule has 1 radical (unpaired) electrons. The maximum absolute atomic E-state index is 5.45. The number of nitrogen functional groups attached to an aromatic ring is 1. The molecule has 4 heteroatoms. The fraction of sp³-hybridized carbons (Fsp3) is 0. The predicted molar refractivity (Wildman–Crippen MR) is 44.6 cm³/mol. The van der Waals surface area contributed by atoms with Crippen LogP contribution in [0, 0.1) is 6.07 Å². The summed E-state index contributed by atoms with van der Waals surface area (Å²) in [5, 5.41) is 3.99. The number of pyridine rings is 1. The summed E-state index contributed by atoms with van der Waals surface area (Å²) in [5.74, 6) is 1.20. The van der Waals surface area contributed by atoms with Gasteiger partial charge in [0.15, 0.2) is 5.82 Å². The van der Waals surface area contributed by atoms with E-state index in [9.17, 15) is 0 Å². The molecule has 2 heterocycles. The van der Waals surface area contributed by atoms with Gasteiger partial charge in [0, 0.05) is 18.5 Å². The molecule has 2 N–H and O–H groups in total. The Kier molecular flexibility index (Phi) is 1.51. The fourth-order valence-electron chi connectivity index (χ4n) is 0.908. The van der Waals surface area contributed by atoms with Crippen LogP contribution in [0.4, 0.5) is 5.82 Å². The smallest absolute Gasteiger partial charge is 0.153 e. The minimum absolute atomic E-state index is 0.487. The van der Waals surface area contributed by atoms with E-state index >= 15 is 0 Å². The van der Waals surface area contributed by atoms with Crippen LogP contribution in [0.25, 0.3) is 5.82 Å². The first-order chi connectivity index (χ1) is 5.86. The van der Waals surface area contributed by atoms with Crippen molar-refractivity contribution in [3.8, 4) is 5.82 Å². The Morgan fingerprint density at radius 3 is 3.00 bits per heavy atom. The average Bonchev–Trinajstić information content (AvgIpc) is 2.54. The van der Waals surface area contributed by atoms with Crippen LogP contribution in [0.1, 0.15) is 0 Å². The van der Waals surface area contributed by atoms with Crippen molar-refractivity contribution in [2.45, 2.75) is 0 Å². The summed E-state index contributed by atoms with van der Waals surface area (Å²) in [7, 11) is 0. The van der Waals surface area contributed by atoms with Crippen molar-refractivity contribution in [2.24, 2.45) is 0 Å². The van der Waals surface area contributed by atoms with E-state index in [4.69, 9.17) is 5.73 Å². The third-order valence-corrected chi connectivity index (χ3v) is 1.43. The van der Waals surface area contributed by atoms with Gasteiger partial charge in [0.2, 0.25) is 0 Å². The van der Waals surface area contributed by atoms with E-state index in [2.05, 4.69) is 16.1 Å². The van der Waals surface area contributed by atoms with Crippen LogP contribution < -0.4 is 5.73 Å². The van der Waals surface area contributed by atoms with Crippen molar-refractivity contribution in [1.82, 2.24) is 14.8 Å². The molecule has 0 spiro atoms. The van der Waals surface area contributed by atoms with Crippen LogP contribution in [0.5, 0.6) is 0 Å². The molecule has 12 heavy (non-hydrogen) atoms. The lowest BCUT2D eigenvalue weighted by Crippen LogP contribution is -1.98. The topological polar surface area (TPSA) is 56.7 Å². The summed E-state index contributed by atoms with van der Waals surface area (Å²) in [6, 6.07) is 8.10. The first-order valence-corrected chi connectivity index (χ1v) is 3.50. The minimum Gasteiger partial charge on any atom is -0.382 e. The second-order valence-corrected chi connectivity index (χ2v) is 2.30. The standard InChI is InChI=1S/C8H7N4/c9-7-4-6-12(11-7)8-3-1-2-5-10-8/h2-6H,(H2,9,11). The first-order valence-electron chi connectivity index (χ1n) is 3.50. The molecule has 0 saturated heterocycles. The Morgan fingerprint density at radius 2 is 2.42 bits per heavy atom. The number of anilines is 1. The maximum atomic E-state index is 5.45. The predicted octanol–water partition coefficient (Wildman–Crippen LogP) is 0.650. The zero-order valence-electron chi connectivity index (χ0n) is 6.31. The van der Waals surface area contributed by atoms with Gasteiger partial charge in [-0.1, -0.05) is 0 Å². The molecular weight excluding hydrogens is 152 g/mol. The van der Waals surface area contributed by atoms with E-state index in [0.717, 1.165) is 0 Å². The summed E-state index contributed by atoms with van der Waals surface area (Å²) in [4.78, 5) is 4.08. The summed E-state index contributed by atoms with van der Waals surface area (Å²) < 4.78 is 1.60. The lowest BCUT2D eigenvalue weighted by molar-refractivity contribution is 0.851. The van der Waals surface area contributed by atoms with E-state index < -0.39 is 0 Å². The van der Waals surface area contributed by atoms with E-state index in [-0.39, 0.29) is 0 Å². The summed E-state index contributed by atoms with van der Waals surface area (Å²) in [6.07, 6.45) is 3.42. The largest absolute Gasteiger partial charge is 0.382 e. The van der Waals surface area contributed by atoms with Gasteiger partial charge in [-0.3, -0.25) is 0 Å². The third kappa shape index (κ3) is 1.14. The molecule has 4 nitrogen and oxygen atoms in total. The highest BCUT2D eigenvalue weighted by molar-refractivity contribution is 5.29. The molecule has 0 fully saturated rings. The Bertz CT molecular complexity index is 366. The van der Waals surface area contributed by atoms with Gasteiger partial charge >= 0.3 is 0 Å². The van der Waals surface area contributed by atoms with Gasteiger partial charge in [0.25, 0.3) is 0 Å². The SMILES string of the molecule is Nc1ccn(-c2c[c]ccn2)n1. The molecule has 59 valence electrons. The molecule has 0 bridgehead atoms. The maximum Gasteiger partial charge on any atom is 0.153 e. The Morgan fingerprint density at radius 1 is 1.50 bits per heavy atom.